The Morgan fingerprint density at radius 2 is 1.96 bits per heavy atom. The fourth-order valence-corrected chi connectivity index (χ4v) is 2.59. The second kappa shape index (κ2) is 8.13. The van der Waals surface area contributed by atoms with Crippen molar-refractivity contribution < 1.29 is 24.5 Å². The lowest BCUT2D eigenvalue weighted by Crippen LogP contribution is -2.37. The molecule has 5 nitrogen and oxygen atoms in total. The summed E-state index contributed by atoms with van der Waals surface area (Å²) in [6.45, 7) is 4.85. The molecule has 5 heteroatoms. The van der Waals surface area contributed by atoms with E-state index in [2.05, 4.69) is 6.92 Å². The van der Waals surface area contributed by atoms with Gasteiger partial charge < -0.3 is 19.7 Å². The lowest BCUT2D eigenvalue weighted by molar-refractivity contribution is -0.205. The zero-order chi connectivity index (χ0) is 17.6. The molecule has 1 atom stereocenters. The number of rotatable bonds is 8. The minimum Gasteiger partial charge on any atom is -0.511 e. The molecule has 1 aliphatic carbocycles. The largest absolute Gasteiger partial charge is 0.511 e. The first kappa shape index (κ1) is 18.2. The van der Waals surface area contributed by atoms with Crippen molar-refractivity contribution in [3.8, 4) is 5.75 Å². The van der Waals surface area contributed by atoms with Gasteiger partial charge in [-0.05, 0) is 37.6 Å². The van der Waals surface area contributed by atoms with Crippen LogP contribution in [-0.4, -0.2) is 35.0 Å². The normalized spacial score (nSPS) is 20.4. The summed E-state index contributed by atoms with van der Waals surface area (Å²) in [5.41, 5.74) is 0.297. The van der Waals surface area contributed by atoms with Gasteiger partial charge in [0.2, 0.25) is 0 Å². The van der Waals surface area contributed by atoms with Crippen molar-refractivity contribution in [2.45, 2.75) is 38.9 Å². The maximum absolute atomic E-state index is 12.5. The number of phenolic OH excluding ortho intramolecular Hbond substituents is 1. The van der Waals surface area contributed by atoms with Crippen molar-refractivity contribution in [2.75, 3.05) is 13.2 Å². The van der Waals surface area contributed by atoms with E-state index in [4.69, 9.17) is 9.47 Å². The predicted molar refractivity (Wildman–Crippen MR) is 91.1 cm³/mol. The van der Waals surface area contributed by atoms with E-state index in [9.17, 15) is 15.0 Å². The van der Waals surface area contributed by atoms with Gasteiger partial charge in [0.05, 0.1) is 24.2 Å². The van der Waals surface area contributed by atoms with Crippen LogP contribution in [0, 0.1) is 0 Å². The molecule has 24 heavy (non-hydrogen) atoms. The number of aliphatic hydroxyl groups excluding tert-OH is 1. The monoisotopic (exact) mass is 332 g/mol. The van der Waals surface area contributed by atoms with Crippen molar-refractivity contribution in [1.29, 1.82) is 0 Å². The van der Waals surface area contributed by atoms with Gasteiger partial charge in [-0.3, -0.25) is 4.79 Å². The number of hydrogen-bond acceptors (Lipinski definition) is 5. The maximum atomic E-state index is 12.5. The zero-order valence-electron chi connectivity index (χ0n) is 14.1. The number of aromatic hydroxyl groups is 1. The molecular weight excluding hydrogens is 308 g/mol. The first-order chi connectivity index (χ1) is 11.5. The fraction of sp³-hybridized carbons (Fsp3) is 0.421. The molecule has 0 spiro atoms. The number of ether oxygens (including phenoxy) is 2. The third kappa shape index (κ3) is 4.04. The molecule has 2 N–H and O–H groups in total. The second-order valence-corrected chi connectivity index (χ2v) is 5.66. The number of para-hydroxylation sites is 1. The number of ketones is 1. The van der Waals surface area contributed by atoms with E-state index >= 15 is 0 Å². The van der Waals surface area contributed by atoms with Gasteiger partial charge in [0, 0.05) is 6.61 Å². The van der Waals surface area contributed by atoms with Gasteiger partial charge in [-0.15, -0.1) is 0 Å². The van der Waals surface area contributed by atoms with Gasteiger partial charge in [-0.2, -0.15) is 0 Å². The zero-order valence-corrected chi connectivity index (χ0v) is 14.1. The molecule has 2 rings (SSSR count). The Morgan fingerprint density at radius 3 is 2.58 bits per heavy atom. The predicted octanol–water partition coefficient (Wildman–Crippen LogP) is 3.90. The molecule has 0 radical (unpaired) electrons. The molecule has 0 heterocycles. The highest BCUT2D eigenvalue weighted by Crippen LogP contribution is 2.33. The van der Waals surface area contributed by atoms with Gasteiger partial charge in [0.1, 0.15) is 11.5 Å². The number of Topliss-reactive ketones (excluding diaryl/α,β-unsaturated/α-hetero) is 1. The molecule has 1 unspecified atom stereocenters. The molecule has 0 aliphatic heterocycles. The van der Waals surface area contributed by atoms with Gasteiger partial charge in [0.25, 0.3) is 0 Å². The number of phenols is 1. The third-order valence-corrected chi connectivity index (χ3v) is 3.85. The summed E-state index contributed by atoms with van der Waals surface area (Å²) in [6.07, 6.45) is 5.12. The summed E-state index contributed by atoms with van der Waals surface area (Å²) in [6, 6.07) is 6.26. The quantitative estimate of drug-likeness (QED) is 0.429. The number of carbonyl (C=O) groups excluding carboxylic acids is 1. The third-order valence-electron chi connectivity index (χ3n) is 3.85. The fourth-order valence-electron chi connectivity index (χ4n) is 2.59. The average Bonchev–Trinajstić information content (AvgIpc) is 2.55. The first-order valence-electron chi connectivity index (χ1n) is 8.25. The van der Waals surface area contributed by atoms with Gasteiger partial charge in [-0.25, -0.2) is 0 Å². The minimum atomic E-state index is -1.05. The van der Waals surface area contributed by atoms with Crippen LogP contribution in [-0.2, 0) is 9.47 Å². The molecule has 0 bridgehead atoms. The minimum absolute atomic E-state index is 0.0652. The highest BCUT2D eigenvalue weighted by atomic mass is 16.7. The van der Waals surface area contributed by atoms with Crippen LogP contribution in [0.4, 0.5) is 0 Å². The molecule has 1 aromatic rings. The van der Waals surface area contributed by atoms with Crippen molar-refractivity contribution in [2.24, 2.45) is 0 Å². The van der Waals surface area contributed by atoms with Crippen LogP contribution in [0.15, 0.2) is 47.7 Å². The maximum Gasteiger partial charge on any atom is 0.200 e. The van der Waals surface area contributed by atoms with Gasteiger partial charge >= 0.3 is 0 Å². The van der Waals surface area contributed by atoms with Crippen molar-refractivity contribution in [3.63, 3.8) is 0 Å². The van der Waals surface area contributed by atoms with E-state index in [-0.39, 0.29) is 29.1 Å². The van der Waals surface area contributed by atoms with Gasteiger partial charge in [0.15, 0.2) is 11.6 Å². The lowest BCUT2D eigenvalue weighted by atomic mass is 9.93. The SMILES string of the molecule is CCCCOC1(OCC)C=CC(C(=O)c2ccccc2O)=C(O)C1. The van der Waals surface area contributed by atoms with Crippen LogP contribution in [0.1, 0.15) is 43.5 Å². The summed E-state index contributed by atoms with van der Waals surface area (Å²) in [5.74, 6) is -1.69. The number of aliphatic hydroxyl groups is 1. The van der Waals surface area contributed by atoms with Crippen LogP contribution in [0.3, 0.4) is 0 Å². The molecule has 0 saturated heterocycles. The Bertz CT molecular complexity index is 647. The average molecular weight is 332 g/mol. The lowest BCUT2D eigenvalue weighted by Gasteiger charge is -2.33. The Kier molecular flexibility index (Phi) is 6.17. The van der Waals surface area contributed by atoms with E-state index in [1.54, 1.807) is 18.2 Å². The van der Waals surface area contributed by atoms with Crippen molar-refractivity contribution >= 4 is 5.78 Å². The van der Waals surface area contributed by atoms with E-state index in [0.29, 0.717) is 13.2 Å². The molecule has 1 aromatic carbocycles. The Morgan fingerprint density at radius 1 is 1.21 bits per heavy atom. The standard InChI is InChI=1S/C19H24O5/c1-3-5-12-24-19(23-4-2)11-10-15(17(21)13-19)18(22)14-8-6-7-9-16(14)20/h6-11,20-21H,3-5,12-13H2,1-2H3. The van der Waals surface area contributed by atoms with Crippen LogP contribution in [0.2, 0.25) is 0 Å². The Labute approximate surface area is 142 Å². The number of carbonyl (C=O) groups is 1. The molecular formula is C19H24O5. The van der Waals surface area contributed by atoms with Crippen molar-refractivity contribution in [1.82, 2.24) is 0 Å². The Balaban J connectivity index is 2.22. The molecule has 0 saturated carbocycles. The summed E-state index contributed by atoms with van der Waals surface area (Å²) in [4.78, 5) is 12.5. The summed E-state index contributed by atoms with van der Waals surface area (Å²) >= 11 is 0. The molecule has 130 valence electrons. The number of benzene rings is 1. The summed E-state index contributed by atoms with van der Waals surface area (Å²) in [5, 5.41) is 20.2. The molecule has 0 aromatic heterocycles. The number of allylic oxidation sites excluding steroid dienone is 2. The second-order valence-electron chi connectivity index (χ2n) is 5.66. The smallest absolute Gasteiger partial charge is 0.200 e. The van der Waals surface area contributed by atoms with Gasteiger partial charge in [-0.1, -0.05) is 25.5 Å². The highest BCUT2D eigenvalue weighted by Gasteiger charge is 2.35. The van der Waals surface area contributed by atoms with Crippen LogP contribution >= 0.6 is 0 Å². The number of hydrogen-bond donors (Lipinski definition) is 2. The molecule has 1 aliphatic rings. The van der Waals surface area contributed by atoms with Crippen molar-refractivity contribution in [3.05, 3.63) is 53.3 Å². The first-order valence-corrected chi connectivity index (χ1v) is 8.25. The van der Waals surface area contributed by atoms with Crippen LogP contribution < -0.4 is 0 Å². The number of unbranched alkanes of at least 4 members (excludes halogenated alkanes) is 1. The summed E-state index contributed by atoms with van der Waals surface area (Å²) < 4.78 is 11.5. The van der Waals surface area contributed by atoms with E-state index in [1.165, 1.54) is 18.2 Å². The summed E-state index contributed by atoms with van der Waals surface area (Å²) in [7, 11) is 0. The van der Waals surface area contributed by atoms with E-state index in [1.807, 2.05) is 6.92 Å². The highest BCUT2D eigenvalue weighted by molar-refractivity contribution is 6.12. The van der Waals surface area contributed by atoms with Crippen LogP contribution in [0.5, 0.6) is 5.75 Å². The van der Waals surface area contributed by atoms with E-state index < -0.39 is 11.6 Å². The Hall–Kier alpha value is -2.11. The molecule has 0 fully saturated rings. The molecule has 0 amide bonds. The van der Waals surface area contributed by atoms with E-state index in [0.717, 1.165) is 12.8 Å². The van der Waals surface area contributed by atoms with Crippen LogP contribution in [0.25, 0.3) is 0 Å². The topological polar surface area (TPSA) is 76.0 Å².